The van der Waals surface area contributed by atoms with Crippen molar-refractivity contribution in [1.82, 2.24) is 5.32 Å². The van der Waals surface area contributed by atoms with Crippen LogP contribution in [0, 0.1) is 13.1 Å². The average Bonchev–Trinajstić information content (AvgIpc) is 2.77. The summed E-state index contributed by atoms with van der Waals surface area (Å²) >= 11 is 5.45. The van der Waals surface area contributed by atoms with Gasteiger partial charge < -0.3 is 28.6 Å². The Morgan fingerprint density at radius 3 is 2.23 bits per heavy atom. The fraction of sp³-hybridized carbons (Fsp3) is 0.591. The van der Waals surface area contributed by atoms with Gasteiger partial charge in [-0.2, -0.15) is 0 Å². The molecule has 0 heterocycles. The Kier molecular flexibility index (Phi) is 14.8. The summed E-state index contributed by atoms with van der Waals surface area (Å²) in [6.45, 7) is 13.4. The van der Waals surface area contributed by atoms with Crippen LogP contribution in [0.2, 0.25) is 0 Å². The molecule has 0 radical (unpaired) electrons. The Bertz CT molecular complexity index is 740. The van der Waals surface area contributed by atoms with E-state index in [-0.39, 0.29) is 38.8 Å². The third-order valence-electron chi connectivity index (χ3n) is 4.35. The smallest absolute Gasteiger partial charge is 0.327 e. The molecule has 0 saturated carbocycles. The van der Waals surface area contributed by atoms with Crippen LogP contribution in [0.15, 0.2) is 30.3 Å². The Labute approximate surface area is 191 Å². The summed E-state index contributed by atoms with van der Waals surface area (Å²) in [6.07, 6.45) is 5.85. The molecule has 1 aromatic carbocycles. The molecule has 9 heteroatoms. The number of hydrogen-bond acceptors (Lipinski definition) is 5. The number of nitrogens with one attached hydrogen (secondary N) is 1. The van der Waals surface area contributed by atoms with E-state index >= 15 is 0 Å². The SMILES string of the molecule is [C-]#[N+]CCOP(=S)(OCC[N+]#[C-])OCC(NC(=O)CCCCCCC)c1ccccc1. The van der Waals surface area contributed by atoms with Gasteiger partial charge in [0.1, 0.15) is 13.2 Å². The molecule has 0 fully saturated rings. The summed E-state index contributed by atoms with van der Waals surface area (Å²) in [5.41, 5.74) is 0.894. The van der Waals surface area contributed by atoms with Gasteiger partial charge in [-0.1, -0.05) is 62.9 Å². The summed E-state index contributed by atoms with van der Waals surface area (Å²) < 4.78 is 17.0. The molecule has 1 unspecified atom stereocenters. The van der Waals surface area contributed by atoms with E-state index in [1.165, 1.54) is 12.8 Å². The lowest BCUT2D eigenvalue weighted by molar-refractivity contribution is -0.122. The van der Waals surface area contributed by atoms with Gasteiger partial charge in [0.15, 0.2) is 0 Å². The molecule has 1 N–H and O–H groups in total. The monoisotopic (exact) mass is 465 g/mol. The van der Waals surface area contributed by atoms with E-state index in [0.29, 0.717) is 6.42 Å². The zero-order chi connectivity index (χ0) is 22.8. The van der Waals surface area contributed by atoms with Crippen molar-refractivity contribution in [3.05, 3.63) is 58.7 Å². The van der Waals surface area contributed by atoms with Gasteiger partial charge in [-0.05, 0) is 23.8 Å². The van der Waals surface area contributed by atoms with Crippen LogP contribution in [0.3, 0.4) is 0 Å². The number of amides is 1. The Balaban J connectivity index is 2.74. The first-order chi connectivity index (χ1) is 15.0. The predicted molar refractivity (Wildman–Crippen MR) is 126 cm³/mol. The highest BCUT2D eigenvalue weighted by molar-refractivity contribution is 8.07. The molecule has 1 atom stereocenters. The first-order valence-electron chi connectivity index (χ1n) is 10.6. The van der Waals surface area contributed by atoms with E-state index in [0.717, 1.165) is 24.8 Å². The topological polar surface area (TPSA) is 65.5 Å². The van der Waals surface area contributed by atoms with Crippen molar-refractivity contribution in [2.24, 2.45) is 0 Å². The quantitative estimate of drug-likeness (QED) is 0.192. The van der Waals surface area contributed by atoms with Crippen LogP contribution in [-0.2, 0) is 30.2 Å². The zero-order valence-corrected chi connectivity index (χ0v) is 19.8. The maximum atomic E-state index is 12.5. The van der Waals surface area contributed by atoms with Gasteiger partial charge in [0.25, 0.3) is 0 Å². The molecule has 0 aliphatic heterocycles. The standard InChI is InChI=1S/C22H32N3O4PS/c1-4-5-6-7-11-14-22(26)25-21(20-12-9-8-10-13-20)19-29-30(31,27-17-15-23-2)28-18-16-24-3/h8-10,12-13,21H,4-7,11,14-19H2,1H3,(H,25,26). The third kappa shape index (κ3) is 12.6. The second kappa shape index (κ2) is 16.8. The van der Waals surface area contributed by atoms with E-state index in [9.17, 15) is 4.79 Å². The third-order valence-corrected chi connectivity index (χ3v) is 6.76. The number of carbonyl (C=O) groups is 1. The molecular weight excluding hydrogens is 433 g/mol. The van der Waals surface area contributed by atoms with E-state index in [1.807, 2.05) is 30.3 Å². The normalized spacial score (nSPS) is 12.0. The predicted octanol–water partition coefficient (Wildman–Crippen LogP) is 5.32. The van der Waals surface area contributed by atoms with Crippen LogP contribution in [0.1, 0.15) is 57.1 Å². The van der Waals surface area contributed by atoms with Crippen LogP contribution in [-0.4, -0.2) is 38.8 Å². The van der Waals surface area contributed by atoms with Crippen molar-refractivity contribution in [2.45, 2.75) is 51.5 Å². The second-order valence-electron chi connectivity index (χ2n) is 6.87. The van der Waals surface area contributed by atoms with Crippen molar-refractivity contribution in [3.63, 3.8) is 0 Å². The lowest BCUT2D eigenvalue weighted by Crippen LogP contribution is -2.31. The van der Waals surface area contributed by atoms with Crippen molar-refractivity contribution in [3.8, 4) is 0 Å². The molecule has 31 heavy (non-hydrogen) atoms. The molecule has 0 aromatic heterocycles. The lowest BCUT2D eigenvalue weighted by Gasteiger charge is -2.24. The molecule has 0 aliphatic rings. The minimum absolute atomic E-state index is 0.0369. The van der Waals surface area contributed by atoms with Gasteiger partial charge in [0.05, 0.1) is 12.6 Å². The van der Waals surface area contributed by atoms with Crippen molar-refractivity contribution in [2.75, 3.05) is 32.9 Å². The second-order valence-corrected chi connectivity index (χ2v) is 9.88. The van der Waals surface area contributed by atoms with Crippen LogP contribution >= 0.6 is 6.72 Å². The zero-order valence-electron chi connectivity index (χ0n) is 18.1. The van der Waals surface area contributed by atoms with Crippen LogP contribution < -0.4 is 5.32 Å². The number of carbonyl (C=O) groups excluding carboxylic acids is 1. The van der Waals surface area contributed by atoms with Crippen LogP contribution in [0.4, 0.5) is 0 Å². The molecule has 0 spiro atoms. The molecule has 1 aromatic rings. The first-order valence-corrected chi connectivity index (χ1v) is 13.1. The Hall–Kier alpha value is -1.80. The fourth-order valence-electron chi connectivity index (χ4n) is 2.74. The molecule has 1 rings (SSSR count). The fourth-order valence-corrected chi connectivity index (χ4v) is 4.53. The van der Waals surface area contributed by atoms with Crippen LogP contribution in [0.25, 0.3) is 9.69 Å². The minimum Gasteiger partial charge on any atom is -0.347 e. The number of benzene rings is 1. The van der Waals surface area contributed by atoms with Gasteiger partial charge >= 0.3 is 6.72 Å². The molecule has 0 bridgehead atoms. The maximum absolute atomic E-state index is 12.5. The van der Waals surface area contributed by atoms with Gasteiger partial charge in [0.2, 0.25) is 19.0 Å². The van der Waals surface area contributed by atoms with E-state index in [2.05, 4.69) is 21.9 Å². The Morgan fingerprint density at radius 1 is 1.03 bits per heavy atom. The molecule has 0 saturated heterocycles. The van der Waals surface area contributed by atoms with E-state index in [4.69, 9.17) is 38.5 Å². The minimum atomic E-state index is -3.13. The number of unbranched alkanes of at least 4 members (excludes halogenated alkanes) is 4. The van der Waals surface area contributed by atoms with Crippen molar-refractivity contribution in [1.29, 1.82) is 0 Å². The van der Waals surface area contributed by atoms with Gasteiger partial charge in [-0.3, -0.25) is 4.79 Å². The average molecular weight is 466 g/mol. The highest BCUT2D eigenvalue weighted by atomic mass is 32.5. The molecular formula is C22H32N3O4PS. The van der Waals surface area contributed by atoms with Gasteiger partial charge in [-0.25, -0.2) is 13.1 Å². The molecule has 0 aliphatic carbocycles. The largest absolute Gasteiger partial charge is 0.347 e. The van der Waals surface area contributed by atoms with Gasteiger partial charge in [-0.15, -0.1) is 0 Å². The summed E-state index contributed by atoms with van der Waals surface area (Å²) in [5.74, 6) is -0.0369. The molecule has 1 amide bonds. The Morgan fingerprint density at radius 2 is 1.65 bits per heavy atom. The summed E-state index contributed by atoms with van der Waals surface area (Å²) in [5, 5.41) is 3.03. The number of hydrogen-bond donors (Lipinski definition) is 1. The van der Waals surface area contributed by atoms with Crippen molar-refractivity contribution >= 4 is 24.4 Å². The molecule has 170 valence electrons. The highest BCUT2D eigenvalue weighted by Gasteiger charge is 2.25. The molecule has 7 nitrogen and oxygen atoms in total. The number of nitrogens with zero attached hydrogens (tertiary/aromatic N) is 2. The highest BCUT2D eigenvalue weighted by Crippen LogP contribution is 2.50. The lowest BCUT2D eigenvalue weighted by atomic mass is 10.1. The van der Waals surface area contributed by atoms with Crippen molar-refractivity contribution < 1.29 is 18.4 Å². The van der Waals surface area contributed by atoms with E-state index in [1.54, 1.807) is 0 Å². The van der Waals surface area contributed by atoms with E-state index < -0.39 is 12.8 Å². The first kappa shape index (κ1) is 27.2. The maximum Gasteiger partial charge on any atom is 0.327 e. The summed E-state index contributed by atoms with van der Waals surface area (Å²) in [6, 6.07) is 9.13. The summed E-state index contributed by atoms with van der Waals surface area (Å²) in [4.78, 5) is 19.0. The van der Waals surface area contributed by atoms with Crippen LogP contribution in [0.5, 0.6) is 0 Å². The van der Waals surface area contributed by atoms with Gasteiger partial charge in [0, 0.05) is 6.42 Å². The summed E-state index contributed by atoms with van der Waals surface area (Å²) in [7, 11) is 0. The number of rotatable bonds is 17.